The Kier molecular flexibility index (Phi) is 6.62. The van der Waals surface area contributed by atoms with Gasteiger partial charge in [-0.25, -0.2) is 0 Å². The van der Waals surface area contributed by atoms with Gasteiger partial charge in [0.25, 0.3) is 0 Å². The van der Waals surface area contributed by atoms with Crippen LogP contribution in [-0.4, -0.2) is 48.5 Å². The van der Waals surface area contributed by atoms with Crippen LogP contribution in [0.25, 0.3) is 0 Å². The molecule has 1 N–H and O–H groups in total. The molecule has 0 aromatic carbocycles. The van der Waals surface area contributed by atoms with Crippen LogP contribution in [0.1, 0.15) is 32.6 Å². The Balaban J connectivity index is 2.08. The second-order valence-electron chi connectivity index (χ2n) is 4.35. The van der Waals surface area contributed by atoms with E-state index >= 15 is 0 Å². The van der Waals surface area contributed by atoms with Gasteiger partial charge in [-0.2, -0.15) is 0 Å². The minimum absolute atomic E-state index is 0.102. The third-order valence-electron chi connectivity index (χ3n) is 3.07. The number of rotatable bonds is 6. The standard InChI is InChI=1S/C12H22N2O3/c1-2-17-12(15)4-3-7-14-8-5-11(6-9-14)10-13-16/h10-11,16H,2-9H2,1H3. The Hall–Kier alpha value is -1.10. The third-order valence-corrected chi connectivity index (χ3v) is 3.07. The van der Waals surface area contributed by atoms with Crippen molar-refractivity contribution in [2.24, 2.45) is 11.1 Å². The summed E-state index contributed by atoms with van der Waals surface area (Å²) in [6.45, 7) is 5.26. The van der Waals surface area contributed by atoms with Crippen molar-refractivity contribution in [3.8, 4) is 0 Å². The zero-order chi connectivity index (χ0) is 12.5. The molecule has 0 aliphatic carbocycles. The van der Waals surface area contributed by atoms with E-state index in [1.807, 2.05) is 6.92 Å². The zero-order valence-corrected chi connectivity index (χ0v) is 10.5. The van der Waals surface area contributed by atoms with E-state index in [0.29, 0.717) is 18.9 Å². The smallest absolute Gasteiger partial charge is 0.305 e. The lowest BCUT2D eigenvalue weighted by Gasteiger charge is -2.29. The Bertz CT molecular complexity index is 248. The molecule has 0 spiro atoms. The molecule has 0 saturated carbocycles. The molecule has 17 heavy (non-hydrogen) atoms. The van der Waals surface area contributed by atoms with E-state index in [1.165, 1.54) is 0 Å². The average molecular weight is 242 g/mol. The summed E-state index contributed by atoms with van der Waals surface area (Å²) in [6, 6.07) is 0. The first kappa shape index (κ1) is 14.0. The molecular formula is C12H22N2O3. The molecule has 1 heterocycles. The Morgan fingerprint density at radius 3 is 2.82 bits per heavy atom. The fraction of sp³-hybridized carbons (Fsp3) is 0.833. The number of ether oxygens (including phenoxy) is 1. The summed E-state index contributed by atoms with van der Waals surface area (Å²) < 4.78 is 4.88. The molecule has 0 amide bonds. The molecule has 1 rings (SSSR count). The van der Waals surface area contributed by atoms with Gasteiger partial charge >= 0.3 is 5.97 Å². The van der Waals surface area contributed by atoms with Gasteiger partial charge in [0.05, 0.1) is 6.61 Å². The zero-order valence-electron chi connectivity index (χ0n) is 10.5. The highest BCUT2D eigenvalue weighted by Gasteiger charge is 2.17. The number of esters is 1. The van der Waals surface area contributed by atoms with Crippen molar-refractivity contribution in [2.45, 2.75) is 32.6 Å². The van der Waals surface area contributed by atoms with Gasteiger partial charge in [0, 0.05) is 12.6 Å². The van der Waals surface area contributed by atoms with Crippen LogP contribution in [0.4, 0.5) is 0 Å². The molecule has 5 heteroatoms. The second kappa shape index (κ2) is 8.06. The SMILES string of the molecule is CCOC(=O)CCCN1CCC(C=NO)CC1. The van der Waals surface area contributed by atoms with Gasteiger partial charge in [-0.05, 0) is 51.7 Å². The highest BCUT2D eigenvalue weighted by Crippen LogP contribution is 2.15. The van der Waals surface area contributed by atoms with Gasteiger partial charge < -0.3 is 14.8 Å². The number of carbonyl (C=O) groups is 1. The summed E-state index contributed by atoms with van der Waals surface area (Å²) in [5.41, 5.74) is 0. The maximum atomic E-state index is 11.1. The van der Waals surface area contributed by atoms with Crippen LogP contribution in [0, 0.1) is 5.92 Å². The van der Waals surface area contributed by atoms with Gasteiger partial charge in [0.15, 0.2) is 0 Å². The first-order valence-electron chi connectivity index (χ1n) is 6.31. The van der Waals surface area contributed by atoms with E-state index in [-0.39, 0.29) is 5.97 Å². The Morgan fingerprint density at radius 2 is 2.24 bits per heavy atom. The number of carbonyl (C=O) groups excluding carboxylic acids is 1. The fourth-order valence-corrected chi connectivity index (χ4v) is 2.10. The molecule has 1 aliphatic heterocycles. The summed E-state index contributed by atoms with van der Waals surface area (Å²) in [5, 5.41) is 11.5. The summed E-state index contributed by atoms with van der Waals surface area (Å²) >= 11 is 0. The van der Waals surface area contributed by atoms with Crippen molar-refractivity contribution in [1.82, 2.24) is 4.90 Å². The van der Waals surface area contributed by atoms with Crippen molar-refractivity contribution >= 4 is 12.2 Å². The quantitative estimate of drug-likeness (QED) is 0.332. The van der Waals surface area contributed by atoms with E-state index in [2.05, 4.69) is 10.1 Å². The maximum absolute atomic E-state index is 11.1. The molecule has 0 atom stereocenters. The van der Waals surface area contributed by atoms with Crippen LogP contribution in [-0.2, 0) is 9.53 Å². The first-order chi connectivity index (χ1) is 8.26. The van der Waals surface area contributed by atoms with E-state index in [0.717, 1.165) is 38.9 Å². The van der Waals surface area contributed by atoms with E-state index < -0.39 is 0 Å². The summed E-state index contributed by atoms with van der Waals surface area (Å²) in [5.74, 6) is 0.302. The molecule has 1 aliphatic rings. The molecule has 0 aromatic heterocycles. The largest absolute Gasteiger partial charge is 0.466 e. The number of oxime groups is 1. The number of likely N-dealkylation sites (tertiary alicyclic amines) is 1. The lowest BCUT2D eigenvalue weighted by Crippen LogP contribution is -2.35. The van der Waals surface area contributed by atoms with Crippen LogP contribution in [0.3, 0.4) is 0 Å². The molecule has 0 bridgehead atoms. The Labute approximate surface area is 102 Å². The van der Waals surface area contributed by atoms with Gasteiger partial charge in [0.1, 0.15) is 0 Å². The first-order valence-corrected chi connectivity index (χ1v) is 6.31. The van der Waals surface area contributed by atoms with E-state index in [1.54, 1.807) is 6.21 Å². The van der Waals surface area contributed by atoms with Crippen molar-refractivity contribution in [3.63, 3.8) is 0 Å². The number of nitrogens with zero attached hydrogens (tertiary/aromatic N) is 2. The monoisotopic (exact) mass is 242 g/mol. The summed E-state index contributed by atoms with van der Waals surface area (Å²) in [6.07, 6.45) is 5.05. The van der Waals surface area contributed by atoms with Gasteiger partial charge in [-0.15, -0.1) is 5.16 Å². The van der Waals surface area contributed by atoms with Crippen LogP contribution in [0.15, 0.2) is 5.16 Å². The summed E-state index contributed by atoms with van der Waals surface area (Å²) in [7, 11) is 0. The molecule has 0 unspecified atom stereocenters. The van der Waals surface area contributed by atoms with Crippen molar-refractivity contribution in [1.29, 1.82) is 0 Å². The van der Waals surface area contributed by atoms with Crippen LogP contribution in [0.2, 0.25) is 0 Å². The molecule has 98 valence electrons. The summed E-state index contributed by atoms with van der Waals surface area (Å²) in [4.78, 5) is 13.5. The Morgan fingerprint density at radius 1 is 1.53 bits per heavy atom. The predicted octanol–water partition coefficient (Wildman–Crippen LogP) is 1.50. The number of hydrogen-bond acceptors (Lipinski definition) is 5. The van der Waals surface area contributed by atoms with Gasteiger partial charge in [-0.1, -0.05) is 0 Å². The number of hydrogen-bond donors (Lipinski definition) is 1. The highest BCUT2D eigenvalue weighted by atomic mass is 16.5. The number of piperidine rings is 1. The minimum Gasteiger partial charge on any atom is -0.466 e. The maximum Gasteiger partial charge on any atom is 0.305 e. The molecule has 0 aromatic rings. The van der Waals surface area contributed by atoms with E-state index in [9.17, 15) is 4.79 Å². The molecular weight excluding hydrogens is 220 g/mol. The highest BCUT2D eigenvalue weighted by molar-refractivity contribution is 5.69. The predicted molar refractivity (Wildman–Crippen MR) is 65.3 cm³/mol. The van der Waals surface area contributed by atoms with Gasteiger partial charge in [0.2, 0.25) is 0 Å². The fourth-order valence-electron chi connectivity index (χ4n) is 2.10. The third kappa shape index (κ3) is 5.68. The molecule has 5 nitrogen and oxygen atoms in total. The topological polar surface area (TPSA) is 62.1 Å². The van der Waals surface area contributed by atoms with Crippen molar-refractivity contribution in [2.75, 3.05) is 26.2 Å². The van der Waals surface area contributed by atoms with Crippen molar-refractivity contribution < 1.29 is 14.7 Å². The minimum atomic E-state index is -0.102. The normalized spacial score (nSPS) is 18.6. The average Bonchev–Trinajstić information content (AvgIpc) is 2.32. The molecule has 1 saturated heterocycles. The van der Waals surface area contributed by atoms with Crippen LogP contribution < -0.4 is 0 Å². The molecule has 1 fully saturated rings. The van der Waals surface area contributed by atoms with Crippen LogP contribution in [0.5, 0.6) is 0 Å². The van der Waals surface area contributed by atoms with Crippen molar-refractivity contribution in [3.05, 3.63) is 0 Å². The lowest BCUT2D eigenvalue weighted by atomic mass is 9.98. The molecule has 0 radical (unpaired) electrons. The van der Waals surface area contributed by atoms with Gasteiger partial charge in [-0.3, -0.25) is 4.79 Å². The lowest BCUT2D eigenvalue weighted by molar-refractivity contribution is -0.143. The van der Waals surface area contributed by atoms with Crippen LogP contribution >= 0.6 is 0 Å². The second-order valence-corrected chi connectivity index (χ2v) is 4.35. The van der Waals surface area contributed by atoms with E-state index in [4.69, 9.17) is 9.94 Å².